The predicted molar refractivity (Wildman–Crippen MR) is 86.1 cm³/mol. The van der Waals surface area contributed by atoms with Crippen molar-refractivity contribution in [1.29, 1.82) is 0 Å². The zero-order chi connectivity index (χ0) is 15.1. The highest BCUT2D eigenvalue weighted by Gasteiger charge is 2.03. The first-order chi connectivity index (χ1) is 10.2. The van der Waals surface area contributed by atoms with Crippen LogP contribution >= 0.6 is 0 Å². The van der Waals surface area contributed by atoms with Gasteiger partial charge < -0.3 is 4.74 Å². The molecular formula is C19H21FO. The van der Waals surface area contributed by atoms with Gasteiger partial charge in [0, 0.05) is 0 Å². The Balaban J connectivity index is 1.72. The number of unbranched alkanes of at least 4 members (excludes halogenated alkanes) is 1. The number of hydrogen-bond donors (Lipinski definition) is 0. The van der Waals surface area contributed by atoms with Crippen LogP contribution in [0.15, 0.2) is 49.0 Å². The van der Waals surface area contributed by atoms with Gasteiger partial charge in [-0.05, 0) is 61.1 Å². The predicted octanol–water partition coefficient (Wildman–Crippen LogP) is 5.18. The van der Waals surface area contributed by atoms with Crippen LogP contribution in [-0.2, 0) is 6.42 Å². The molecule has 0 saturated heterocycles. The number of halogens is 1. The van der Waals surface area contributed by atoms with Crippen LogP contribution in [-0.4, -0.2) is 6.61 Å². The molecule has 0 unspecified atom stereocenters. The molecule has 21 heavy (non-hydrogen) atoms. The van der Waals surface area contributed by atoms with Crippen molar-refractivity contribution < 1.29 is 9.13 Å². The molecule has 0 heterocycles. The first-order valence-corrected chi connectivity index (χ1v) is 7.30. The maximum absolute atomic E-state index is 13.4. The van der Waals surface area contributed by atoms with E-state index in [2.05, 4.69) is 6.58 Å². The van der Waals surface area contributed by atoms with Gasteiger partial charge in [-0.3, -0.25) is 0 Å². The molecule has 0 bridgehead atoms. The highest BCUT2D eigenvalue weighted by atomic mass is 19.1. The second-order valence-electron chi connectivity index (χ2n) is 5.10. The van der Waals surface area contributed by atoms with Crippen molar-refractivity contribution in [2.75, 3.05) is 6.61 Å². The summed E-state index contributed by atoms with van der Waals surface area (Å²) >= 11 is 0. The van der Waals surface area contributed by atoms with Gasteiger partial charge in [-0.2, -0.15) is 0 Å². The number of ether oxygens (including phenoxy) is 1. The van der Waals surface area contributed by atoms with Crippen LogP contribution in [0.2, 0.25) is 0 Å². The molecule has 0 N–H and O–H groups in total. The molecule has 0 amide bonds. The van der Waals surface area contributed by atoms with Crippen molar-refractivity contribution in [2.24, 2.45) is 0 Å². The summed E-state index contributed by atoms with van der Waals surface area (Å²) in [4.78, 5) is 0. The minimum Gasteiger partial charge on any atom is -0.494 e. The average molecular weight is 284 g/mol. The first kappa shape index (κ1) is 15.3. The summed E-state index contributed by atoms with van der Waals surface area (Å²) in [6, 6.07) is 13.1. The van der Waals surface area contributed by atoms with Gasteiger partial charge in [-0.15, -0.1) is 0 Å². The van der Waals surface area contributed by atoms with Gasteiger partial charge in [0.15, 0.2) is 0 Å². The summed E-state index contributed by atoms with van der Waals surface area (Å²) < 4.78 is 19.1. The number of hydrogen-bond acceptors (Lipinski definition) is 1. The van der Waals surface area contributed by atoms with E-state index in [4.69, 9.17) is 4.74 Å². The molecule has 0 aliphatic rings. The van der Waals surface area contributed by atoms with Crippen LogP contribution in [0.4, 0.5) is 4.39 Å². The maximum atomic E-state index is 13.4. The molecule has 0 atom stereocenters. The Morgan fingerprint density at radius 3 is 2.57 bits per heavy atom. The normalized spacial score (nSPS) is 10.4. The van der Waals surface area contributed by atoms with Crippen molar-refractivity contribution in [3.8, 4) is 5.75 Å². The Kier molecular flexibility index (Phi) is 5.56. The summed E-state index contributed by atoms with van der Waals surface area (Å²) in [7, 11) is 0. The highest BCUT2D eigenvalue weighted by molar-refractivity contribution is 5.48. The van der Waals surface area contributed by atoms with Gasteiger partial charge in [0.2, 0.25) is 0 Å². The average Bonchev–Trinajstić information content (AvgIpc) is 2.51. The summed E-state index contributed by atoms with van der Waals surface area (Å²) in [5.74, 6) is 0.758. The quantitative estimate of drug-likeness (QED) is 0.637. The van der Waals surface area contributed by atoms with E-state index in [9.17, 15) is 4.39 Å². The molecule has 0 aromatic heterocycles. The summed E-state index contributed by atoms with van der Waals surface area (Å²) in [6.07, 6.45) is 4.65. The fourth-order valence-electron chi connectivity index (χ4n) is 2.23. The molecule has 1 nitrogen and oxygen atoms in total. The third kappa shape index (κ3) is 4.45. The minimum atomic E-state index is -0.119. The van der Waals surface area contributed by atoms with E-state index in [1.54, 1.807) is 6.07 Å². The number of rotatable bonds is 7. The Hall–Kier alpha value is -2.09. The van der Waals surface area contributed by atoms with E-state index in [-0.39, 0.29) is 5.82 Å². The van der Waals surface area contributed by atoms with Crippen LogP contribution in [0.1, 0.15) is 29.5 Å². The monoisotopic (exact) mass is 284 g/mol. The molecule has 0 spiro atoms. The van der Waals surface area contributed by atoms with E-state index in [0.29, 0.717) is 6.61 Å². The zero-order valence-electron chi connectivity index (χ0n) is 12.4. The van der Waals surface area contributed by atoms with Crippen LogP contribution in [0.25, 0.3) is 6.08 Å². The lowest BCUT2D eigenvalue weighted by Crippen LogP contribution is -1.99. The first-order valence-electron chi connectivity index (χ1n) is 7.30. The Morgan fingerprint density at radius 2 is 1.86 bits per heavy atom. The van der Waals surface area contributed by atoms with E-state index in [1.165, 1.54) is 6.07 Å². The molecule has 2 heteroatoms. The smallest absolute Gasteiger partial charge is 0.126 e. The van der Waals surface area contributed by atoms with Crippen molar-refractivity contribution in [3.05, 3.63) is 71.6 Å². The van der Waals surface area contributed by atoms with Crippen LogP contribution in [0, 0.1) is 12.7 Å². The van der Waals surface area contributed by atoms with Crippen molar-refractivity contribution in [1.82, 2.24) is 0 Å². The molecule has 0 aliphatic carbocycles. The van der Waals surface area contributed by atoms with Crippen LogP contribution in [0.5, 0.6) is 5.75 Å². The van der Waals surface area contributed by atoms with E-state index in [0.717, 1.165) is 41.7 Å². The zero-order valence-corrected chi connectivity index (χ0v) is 12.4. The Bertz CT molecular complexity index is 587. The second-order valence-corrected chi connectivity index (χ2v) is 5.10. The van der Waals surface area contributed by atoms with Gasteiger partial charge >= 0.3 is 0 Å². The molecular weight excluding hydrogens is 263 g/mol. The number of aryl methyl sites for hydroxylation is 1. The Morgan fingerprint density at radius 1 is 1.10 bits per heavy atom. The van der Waals surface area contributed by atoms with Crippen LogP contribution in [0.3, 0.4) is 0 Å². The Labute approximate surface area is 126 Å². The number of benzene rings is 2. The van der Waals surface area contributed by atoms with Gasteiger partial charge in [0.1, 0.15) is 11.6 Å². The molecule has 2 rings (SSSR count). The van der Waals surface area contributed by atoms with Crippen molar-refractivity contribution in [2.45, 2.75) is 26.2 Å². The third-order valence-corrected chi connectivity index (χ3v) is 3.60. The fraction of sp³-hybridized carbons (Fsp3) is 0.263. The highest BCUT2D eigenvalue weighted by Crippen LogP contribution is 2.16. The van der Waals surface area contributed by atoms with Gasteiger partial charge in [0.25, 0.3) is 0 Å². The van der Waals surface area contributed by atoms with E-state index >= 15 is 0 Å². The maximum Gasteiger partial charge on any atom is 0.126 e. The lowest BCUT2D eigenvalue weighted by molar-refractivity contribution is 0.307. The van der Waals surface area contributed by atoms with Crippen molar-refractivity contribution >= 4 is 6.08 Å². The minimum absolute atomic E-state index is 0.119. The van der Waals surface area contributed by atoms with Crippen molar-refractivity contribution in [3.63, 3.8) is 0 Å². The van der Waals surface area contributed by atoms with Gasteiger partial charge in [0.05, 0.1) is 6.61 Å². The lowest BCUT2D eigenvalue weighted by Gasteiger charge is -2.08. The molecule has 0 saturated carbocycles. The van der Waals surface area contributed by atoms with Gasteiger partial charge in [-0.1, -0.05) is 36.9 Å². The lowest BCUT2D eigenvalue weighted by atomic mass is 10.0. The van der Waals surface area contributed by atoms with E-state index < -0.39 is 0 Å². The molecule has 0 radical (unpaired) electrons. The largest absolute Gasteiger partial charge is 0.494 e. The molecule has 0 fully saturated rings. The summed E-state index contributed by atoms with van der Waals surface area (Å²) in [5.41, 5.74) is 2.94. The molecule has 2 aromatic carbocycles. The molecule has 2 aromatic rings. The van der Waals surface area contributed by atoms with Gasteiger partial charge in [-0.25, -0.2) is 4.39 Å². The second kappa shape index (κ2) is 7.63. The summed E-state index contributed by atoms with van der Waals surface area (Å²) in [6.45, 7) is 6.24. The van der Waals surface area contributed by atoms with Crippen LogP contribution < -0.4 is 4.74 Å². The molecule has 110 valence electrons. The topological polar surface area (TPSA) is 9.23 Å². The molecule has 0 aliphatic heterocycles. The third-order valence-electron chi connectivity index (χ3n) is 3.60. The SMILES string of the molecule is C=Cc1ccc(OCCCCc2cccc(F)c2C)cc1. The summed E-state index contributed by atoms with van der Waals surface area (Å²) in [5, 5.41) is 0. The fourth-order valence-corrected chi connectivity index (χ4v) is 2.23. The van der Waals surface area contributed by atoms with E-state index in [1.807, 2.05) is 43.3 Å². The standard InChI is InChI=1S/C19H21FO/c1-3-16-10-12-18(13-11-16)21-14-5-4-7-17-8-6-9-19(20)15(17)2/h3,6,8-13H,1,4-5,7,14H2,2H3.